The average molecular weight is 358 g/mol. The molecule has 104 valence electrons. The summed E-state index contributed by atoms with van der Waals surface area (Å²) in [5.74, 6) is 0. The molecule has 1 atom stereocenters. The summed E-state index contributed by atoms with van der Waals surface area (Å²) in [5.41, 5.74) is 0. The number of halogens is 5. The maximum Gasteiger partial charge on any atom is 0.386 e. The first kappa shape index (κ1) is 16.2. The number of alkyl halides is 5. The predicted molar refractivity (Wildman–Crippen MR) is 72.8 cm³/mol. The third kappa shape index (κ3) is 2.99. The van der Waals surface area contributed by atoms with Gasteiger partial charge in [0, 0.05) is 6.54 Å². The summed E-state index contributed by atoms with van der Waals surface area (Å²) >= 11 is 28.7. The molecule has 0 aromatic rings. The largest absolute Gasteiger partial charge is 0.386 e. The van der Waals surface area contributed by atoms with E-state index in [1.54, 1.807) is 0 Å². The fraction of sp³-hybridized carbons (Fsp3) is 0.857. The van der Waals surface area contributed by atoms with Crippen molar-refractivity contribution in [3.8, 4) is 0 Å². The van der Waals surface area contributed by atoms with Crippen LogP contribution in [-0.4, -0.2) is 42.3 Å². The highest BCUT2D eigenvalue weighted by Crippen LogP contribution is 2.49. The standard InChI is InChI=1S/C7H9Cl5N4O2/c1-2-3-15-5(16(17)18)14(4-13-15)7(11,12)6(8,9)10/h4-5H,2-3H2,1H3. The number of hydrogen-bond donors (Lipinski definition) is 0. The number of nitro groups is 1. The second kappa shape index (κ2) is 5.63. The van der Waals surface area contributed by atoms with E-state index in [9.17, 15) is 10.1 Å². The Bertz CT molecular complexity index is 358. The van der Waals surface area contributed by atoms with E-state index in [0.29, 0.717) is 13.0 Å². The van der Waals surface area contributed by atoms with Crippen LogP contribution in [-0.2, 0) is 0 Å². The summed E-state index contributed by atoms with van der Waals surface area (Å²) in [5, 5.41) is 16.1. The van der Waals surface area contributed by atoms with E-state index >= 15 is 0 Å². The molecule has 6 nitrogen and oxygen atoms in total. The number of nitrogens with zero attached hydrogens (tertiary/aromatic N) is 4. The van der Waals surface area contributed by atoms with Crippen molar-refractivity contribution >= 4 is 64.3 Å². The fourth-order valence-corrected chi connectivity index (χ4v) is 1.92. The first-order valence-corrected chi connectivity index (χ1v) is 6.69. The van der Waals surface area contributed by atoms with Crippen molar-refractivity contribution in [2.45, 2.75) is 27.9 Å². The van der Waals surface area contributed by atoms with E-state index in [4.69, 9.17) is 58.0 Å². The van der Waals surface area contributed by atoms with E-state index in [1.165, 1.54) is 5.01 Å². The summed E-state index contributed by atoms with van der Waals surface area (Å²) in [6.45, 7) is 2.20. The SMILES string of the molecule is CCCN1N=CN(C(Cl)(Cl)C(Cl)(Cl)Cl)C1[N+](=O)[O-]. The molecular formula is C7H9Cl5N4O2. The molecule has 0 fully saturated rings. The van der Waals surface area contributed by atoms with E-state index in [0.717, 1.165) is 11.2 Å². The summed E-state index contributed by atoms with van der Waals surface area (Å²) in [6, 6.07) is 0. The average Bonchev–Trinajstić information content (AvgIpc) is 2.60. The Morgan fingerprint density at radius 3 is 2.33 bits per heavy atom. The van der Waals surface area contributed by atoms with Crippen molar-refractivity contribution in [3.63, 3.8) is 0 Å². The molecule has 11 heteroatoms. The van der Waals surface area contributed by atoms with Crippen LogP contribution >= 0.6 is 58.0 Å². The lowest BCUT2D eigenvalue weighted by atomic mass is 10.4. The molecule has 0 saturated carbocycles. The van der Waals surface area contributed by atoms with E-state index in [-0.39, 0.29) is 0 Å². The van der Waals surface area contributed by atoms with Crippen molar-refractivity contribution < 1.29 is 4.92 Å². The van der Waals surface area contributed by atoms with Gasteiger partial charge in [-0.05, 0) is 6.42 Å². The van der Waals surface area contributed by atoms with Gasteiger partial charge in [-0.3, -0.25) is 10.1 Å². The van der Waals surface area contributed by atoms with Crippen molar-refractivity contribution in [2.75, 3.05) is 6.54 Å². The highest BCUT2D eigenvalue weighted by atomic mass is 35.6. The van der Waals surface area contributed by atoms with Crippen molar-refractivity contribution in [2.24, 2.45) is 5.10 Å². The van der Waals surface area contributed by atoms with Crippen LogP contribution in [0, 0.1) is 10.1 Å². The molecule has 0 amide bonds. The molecule has 0 aromatic carbocycles. The lowest BCUT2D eigenvalue weighted by Gasteiger charge is -2.36. The molecular weight excluding hydrogens is 349 g/mol. The minimum absolute atomic E-state index is 0.350. The highest BCUT2D eigenvalue weighted by Gasteiger charge is 2.58. The van der Waals surface area contributed by atoms with Crippen LogP contribution in [0.15, 0.2) is 5.10 Å². The van der Waals surface area contributed by atoms with Gasteiger partial charge in [-0.1, -0.05) is 64.9 Å². The maximum atomic E-state index is 11.1. The van der Waals surface area contributed by atoms with Gasteiger partial charge in [0.05, 0.1) is 4.92 Å². The molecule has 1 rings (SSSR count). The summed E-state index contributed by atoms with van der Waals surface area (Å²) in [6.07, 6.45) is 0.335. The Hall–Kier alpha value is 0.120. The third-order valence-electron chi connectivity index (χ3n) is 2.15. The predicted octanol–water partition coefficient (Wildman–Crippen LogP) is 3.02. The van der Waals surface area contributed by atoms with Crippen LogP contribution in [0.25, 0.3) is 0 Å². The quantitative estimate of drug-likeness (QED) is 0.335. The normalized spacial score (nSPS) is 20.7. The van der Waals surface area contributed by atoms with Gasteiger partial charge in [0.25, 0.3) is 0 Å². The molecule has 0 aliphatic carbocycles. The first-order valence-electron chi connectivity index (χ1n) is 4.80. The lowest BCUT2D eigenvalue weighted by molar-refractivity contribution is -0.572. The van der Waals surface area contributed by atoms with Crippen LogP contribution < -0.4 is 0 Å². The fourth-order valence-electron chi connectivity index (χ4n) is 1.36. The van der Waals surface area contributed by atoms with E-state index in [1.807, 2.05) is 6.92 Å². The molecule has 1 heterocycles. The van der Waals surface area contributed by atoms with Gasteiger partial charge >= 0.3 is 6.29 Å². The van der Waals surface area contributed by atoms with Gasteiger partial charge in [0.15, 0.2) is 0 Å². The van der Waals surface area contributed by atoms with Gasteiger partial charge < -0.3 is 0 Å². The Morgan fingerprint density at radius 2 is 1.94 bits per heavy atom. The minimum Gasteiger partial charge on any atom is -0.261 e. The highest BCUT2D eigenvalue weighted by molar-refractivity contribution is 6.75. The zero-order chi connectivity index (χ0) is 14.1. The Labute approximate surface area is 128 Å². The van der Waals surface area contributed by atoms with Crippen LogP contribution in [0.1, 0.15) is 13.3 Å². The van der Waals surface area contributed by atoms with Gasteiger partial charge in [0.2, 0.25) is 8.25 Å². The molecule has 1 aliphatic rings. The summed E-state index contributed by atoms with van der Waals surface area (Å²) in [7, 11) is 0. The molecule has 0 aromatic heterocycles. The van der Waals surface area contributed by atoms with E-state index in [2.05, 4.69) is 5.10 Å². The third-order valence-corrected chi connectivity index (χ3v) is 4.50. The van der Waals surface area contributed by atoms with Gasteiger partial charge in [0.1, 0.15) is 6.34 Å². The van der Waals surface area contributed by atoms with Gasteiger partial charge in [-0.15, -0.1) is 0 Å². The molecule has 1 unspecified atom stereocenters. The topological polar surface area (TPSA) is 62.0 Å². The summed E-state index contributed by atoms with van der Waals surface area (Å²) < 4.78 is -4.25. The Kier molecular flexibility index (Phi) is 5.06. The molecule has 0 spiro atoms. The smallest absolute Gasteiger partial charge is 0.261 e. The molecule has 0 N–H and O–H groups in total. The van der Waals surface area contributed by atoms with Crippen LogP contribution in [0.2, 0.25) is 0 Å². The summed E-state index contributed by atoms with van der Waals surface area (Å²) in [4.78, 5) is 11.3. The van der Waals surface area contributed by atoms with Crippen LogP contribution in [0.3, 0.4) is 0 Å². The van der Waals surface area contributed by atoms with Crippen molar-refractivity contribution in [3.05, 3.63) is 10.1 Å². The van der Waals surface area contributed by atoms with Gasteiger partial charge in [-0.2, -0.15) is 5.10 Å². The van der Waals surface area contributed by atoms with Gasteiger partial charge in [-0.25, -0.2) is 9.91 Å². The monoisotopic (exact) mass is 356 g/mol. The molecule has 0 saturated heterocycles. The maximum absolute atomic E-state index is 11.1. The Morgan fingerprint density at radius 1 is 1.39 bits per heavy atom. The van der Waals surface area contributed by atoms with Crippen molar-refractivity contribution in [1.82, 2.24) is 9.91 Å². The Balaban J connectivity index is 3.03. The van der Waals surface area contributed by atoms with E-state index < -0.39 is 19.5 Å². The molecule has 18 heavy (non-hydrogen) atoms. The van der Waals surface area contributed by atoms with Crippen LogP contribution in [0.4, 0.5) is 0 Å². The number of rotatable bonds is 4. The lowest BCUT2D eigenvalue weighted by Crippen LogP contribution is -2.57. The molecule has 1 aliphatic heterocycles. The first-order chi connectivity index (χ1) is 8.13. The second-order valence-electron chi connectivity index (χ2n) is 3.47. The number of hydrazone groups is 1. The zero-order valence-corrected chi connectivity index (χ0v) is 12.8. The number of hydrogen-bond acceptors (Lipinski definition) is 5. The van der Waals surface area contributed by atoms with Crippen LogP contribution in [0.5, 0.6) is 0 Å². The zero-order valence-electron chi connectivity index (χ0n) is 9.06. The molecule has 0 radical (unpaired) electrons. The van der Waals surface area contributed by atoms with Crippen molar-refractivity contribution in [1.29, 1.82) is 0 Å². The minimum atomic E-state index is -2.14. The second-order valence-corrected chi connectivity index (χ2v) is 7.04. The molecule has 0 bridgehead atoms.